The van der Waals surface area contributed by atoms with Gasteiger partial charge in [0.05, 0.1) is 12.2 Å². The molecule has 0 spiro atoms. The van der Waals surface area contributed by atoms with Crippen molar-refractivity contribution < 1.29 is 15.3 Å². The van der Waals surface area contributed by atoms with E-state index >= 15 is 0 Å². The zero-order valence-corrected chi connectivity index (χ0v) is 7.86. The largest absolute Gasteiger partial charge is 0.507 e. The maximum atomic E-state index is 9.38. The molecule has 0 fully saturated rings. The molecule has 0 aliphatic heterocycles. The summed E-state index contributed by atoms with van der Waals surface area (Å²) in [5.41, 5.74) is 1.09. The van der Waals surface area contributed by atoms with E-state index in [0.29, 0.717) is 11.1 Å². The fourth-order valence-electron chi connectivity index (χ4n) is 0.964. The molecule has 1 aromatic rings. The van der Waals surface area contributed by atoms with Crippen LogP contribution in [0.1, 0.15) is 18.1 Å². The number of rotatable bonds is 1. The summed E-state index contributed by atoms with van der Waals surface area (Å²) in [6.45, 7) is 1.45. The van der Waals surface area contributed by atoms with Crippen molar-refractivity contribution in [3.63, 3.8) is 0 Å². The molecule has 0 bridgehead atoms. The smallest absolute Gasteiger partial charge is 0.131 e. The zero-order valence-electron chi connectivity index (χ0n) is 7.86. The third-order valence-corrected chi connectivity index (χ3v) is 1.66. The van der Waals surface area contributed by atoms with E-state index in [4.69, 9.17) is 10.2 Å². The van der Waals surface area contributed by atoms with Crippen molar-refractivity contribution in [1.82, 2.24) is 0 Å². The number of aliphatic hydroxyl groups is 2. The number of benzene rings is 1. The summed E-state index contributed by atoms with van der Waals surface area (Å²) in [7, 11) is 0. The maximum Gasteiger partial charge on any atom is 0.131 e. The molecule has 0 aliphatic carbocycles. The Bertz CT molecular complexity index is 372. The minimum atomic E-state index is -0.729. The van der Waals surface area contributed by atoms with Gasteiger partial charge in [-0.2, -0.15) is 0 Å². The normalized spacial score (nSPS) is 11.6. The van der Waals surface area contributed by atoms with Crippen molar-refractivity contribution in [1.29, 1.82) is 0 Å². The highest BCUT2D eigenvalue weighted by Gasteiger charge is 1.99. The Kier molecular flexibility index (Phi) is 3.52. The van der Waals surface area contributed by atoms with Crippen LogP contribution in [0.5, 0.6) is 5.75 Å². The van der Waals surface area contributed by atoms with Crippen LogP contribution in [-0.2, 0) is 6.61 Å². The molecule has 0 aliphatic rings. The fourth-order valence-corrected chi connectivity index (χ4v) is 0.964. The average Bonchev–Trinajstić information content (AvgIpc) is 2.16. The molecular formula is C11H12O3. The van der Waals surface area contributed by atoms with Gasteiger partial charge in [0, 0.05) is 0 Å². The molecule has 3 heteroatoms. The number of phenols is 1. The summed E-state index contributed by atoms with van der Waals surface area (Å²) in [5.74, 6) is 5.20. The highest BCUT2D eigenvalue weighted by molar-refractivity contribution is 5.47. The van der Waals surface area contributed by atoms with Gasteiger partial charge in [0.1, 0.15) is 11.9 Å². The predicted octanol–water partition coefficient (Wildman–Crippen LogP) is 0.617. The predicted molar refractivity (Wildman–Crippen MR) is 52.6 cm³/mol. The lowest BCUT2D eigenvalue weighted by Gasteiger charge is -2.00. The lowest BCUT2D eigenvalue weighted by atomic mass is 10.1. The van der Waals surface area contributed by atoms with Crippen LogP contribution in [0, 0.1) is 11.8 Å². The van der Waals surface area contributed by atoms with Crippen LogP contribution in [0.4, 0.5) is 0 Å². The Labute approximate surface area is 82.6 Å². The molecule has 1 unspecified atom stereocenters. The van der Waals surface area contributed by atoms with Crippen LogP contribution in [0.2, 0.25) is 0 Å². The first-order chi connectivity index (χ1) is 6.63. The van der Waals surface area contributed by atoms with Gasteiger partial charge in [-0.3, -0.25) is 0 Å². The average molecular weight is 192 g/mol. The topological polar surface area (TPSA) is 60.7 Å². The Hall–Kier alpha value is -1.50. The number of hydrogen-bond donors (Lipinski definition) is 3. The van der Waals surface area contributed by atoms with Gasteiger partial charge in [0.2, 0.25) is 0 Å². The number of hydrogen-bond acceptors (Lipinski definition) is 3. The summed E-state index contributed by atoms with van der Waals surface area (Å²) in [4.78, 5) is 0. The van der Waals surface area contributed by atoms with Crippen molar-refractivity contribution in [3.8, 4) is 17.6 Å². The van der Waals surface area contributed by atoms with Crippen molar-refractivity contribution in [3.05, 3.63) is 29.3 Å². The van der Waals surface area contributed by atoms with E-state index in [9.17, 15) is 5.11 Å². The first-order valence-electron chi connectivity index (χ1n) is 4.26. The second-order valence-corrected chi connectivity index (χ2v) is 2.95. The Morgan fingerprint density at radius 2 is 2.14 bits per heavy atom. The molecule has 0 amide bonds. The molecule has 0 radical (unpaired) electrons. The minimum Gasteiger partial charge on any atom is -0.507 e. The number of aromatic hydroxyl groups is 1. The van der Waals surface area contributed by atoms with E-state index < -0.39 is 6.10 Å². The molecule has 14 heavy (non-hydrogen) atoms. The molecule has 0 saturated heterocycles. The summed E-state index contributed by atoms with van der Waals surface area (Å²) in [6.07, 6.45) is -0.729. The number of aliphatic hydroxyl groups excluding tert-OH is 2. The molecule has 1 rings (SSSR count). The van der Waals surface area contributed by atoms with Crippen LogP contribution in [0.25, 0.3) is 0 Å². The zero-order chi connectivity index (χ0) is 10.6. The molecule has 0 saturated carbocycles. The van der Waals surface area contributed by atoms with Crippen LogP contribution in [0.15, 0.2) is 18.2 Å². The van der Waals surface area contributed by atoms with Crippen LogP contribution in [0.3, 0.4) is 0 Å². The van der Waals surface area contributed by atoms with E-state index in [1.165, 1.54) is 6.07 Å². The standard InChI is InChI=1S/C11H12O3/c1-8(13)2-4-10-6-9(7-12)3-5-11(10)14/h3,5-6,8,12-14H,7H2,1H3. The molecule has 1 atom stereocenters. The van der Waals surface area contributed by atoms with Gasteiger partial charge in [0.15, 0.2) is 0 Å². The van der Waals surface area contributed by atoms with Gasteiger partial charge >= 0.3 is 0 Å². The van der Waals surface area contributed by atoms with Gasteiger partial charge in [-0.25, -0.2) is 0 Å². The van der Waals surface area contributed by atoms with Crippen LogP contribution >= 0.6 is 0 Å². The molecular weight excluding hydrogens is 180 g/mol. The van der Waals surface area contributed by atoms with Gasteiger partial charge in [-0.05, 0) is 24.6 Å². The summed E-state index contributed by atoms with van der Waals surface area (Å²) in [6, 6.07) is 4.67. The van der Waals surface area contributed by atoms with E-state index in [1.807, 2.05) is 0 Å². The number of phenolic OH excluding ortho intramolecular Hbond substituents is 1. The second kappa shape index (κ2) is 4.66. The first-order valence-corrected chi connectivity index (χ1v) is 4.26. The monoisotopic (exact) mass is 192 g/mol. The highest BCUT2D eigenvalue weighted by Crippen LogP contribution is 2.17. The van der Waals surface area contributed by atoms with Crippen LogP contribution < -0.4 is 0 Å². The van der Waals surface area contributed by atoms with Gasteiger partial charge in [-0.1, -0.05) is 17.9 Å². The quantitative estimate of drug-likeness (QED) is 0.571. The molecule has 3 N–H and O–H groups in total. The van der Waals surface area contributed by atoms with Crippen molar-refractivity contribution in [2.45, 2.75) is 19.6 Å². The van der Waals surface area contributed by atoms with Gasteiger partial charge < -0.3 is 15.3 Å². The van der Waals surface area contributed by atoms with E-state index in [1.54, 1.807) is 19.1 Å². The van der Waals surface area contributed by atoms with Crippen molar-refractivity contribution in [2.24, 2.45) is 0 Å². The van der Waals surface area contributed by atoms with E-state index in [-0.39, 0.29) is 12.4 Å². The third kappa shape index (κ3) is 2.77. The van der Waals surface area contributed by atoms with Crippen molar-refractivity contribution >= 4 is 0 Å². The van der Waals surface area contributed by atoms with Gasteiger partial charge in [-0.15, -0.1) is 0 Å². The van der Waals surface area contributed by atoms with E-state index in [2.05, 4.69) is 11.8 Å². The fraction of sp³-hybridized carbons (Fsp3) is 0.273. The lowest BCUT2D eigenvalue weighted by molar-refractivity contribution is 0.253. The van der Waals surface area contributed by atoms with E-state index in [0.717, 1.165) is 0 Å². The Morgan fingerprint density at radius 3 is 2.71 bits per heavy atom. The maximum absolute atomic E-state index is 9.38. The second-order valence-electron chi connectivity index (χ2n) is 2.95. The minimum absolute atomic E-state index is 0.0513. The summed E-state index contributed by atoms with van der Waals surface area (Å²) < 4.78 is 0. The summed E-state index contributed by atoms with van der Waals surface area (Å²) >= 11 is 0. The van der Waals surface area contributed by atoms with Gasteiger partial charge in [0.25, 0.3) is 0 Å². The Morgan fingerprint density at radius 1 is 1.43 bits per heavy atom. The molecule has 3 nitrogen and oxygen atoms in total. The lowest BCUT2D eigenvalue weighted by Crippen LogP contribution is -1.93. The third-order valence-electron chi connectivity index (χ3n) is 1.66. The molecule has 0 heterocycles. The van der Waals surface area contributed by atoms with Crippen LogP contribution in [-0.4, -0.2) is 21.4 Å². The van der Waals surface area contributed by atoms with Crippen molar-refractivity contribution in [2.75, 3.05) is 0 Å². The molecule has 74 valence electrons. The Balaban J connectivity index is 3.02. The first kappa shape index (κ1) is 10.6. The highest BCUT2D eigenvalue weighted by atomic mass is 16.3. The molecule has 1 aromatic carbocycles. The molecule has 0 aromatic heterocycles. The summed E-state index contributed by atoms with van der Waals surface area (Å²) in [5, 5.41) is 27.2. The SMILES string of the molecule is CC(O)C#Cc1cc(CO)ccc1O.